The molecule has 0 amide bonds. The van der Waals surface area contributed by atoms with Gasteiger partial charge in [0.05, 0.1) is 12.5 Å². The molecule has 1 atom stereocenters. The van der Waals surface area contributed by atoms with E-state index in [4.69, 9.17) is 16.3 Å². The van der Waals surface area contributed by atoms with Crippen LogP contribution in [0.1, 0.15) is 26.7 Å². The summed E-state index contributed by atoms with van der Waals surface area (Å²) in [6, 6.07) is 3.83. The summed E-state index contributed by atoms with van der Waals surface area (Å²) in [5, 5.41) is 0.497. The summed E-state index contributed by atoms with van der Waals surface area (Å²) < 4.78 is 4.94. The summed E-state index contributed by atoms with van der Waals surface area (Å²) >= 11 is 5.95. The van der Waals surface area contributed by atoms with Crippen LogP contribution in [0.15, 0.2) is 18.3 Å². The van der Waals surface area contributed by atoms with Gasteiger partial charge < -0.3 is 9.64 Å². The van der Waals surface area contributed by atoms with Crippen LogP contribution in [-0.2, 0) is 9.53 Å². The summed E-state index contributed by atoms with van der Waals surface area (Å²) in [4.78, 5) is 18.2. The van der Waals surface area contributed by atoms with E-state index in [1.807, 2.05) is 26.0 Å². The average Bonchev–Trinajstić information content (AvgIpc) is 2.46. The second-order valence-corrected chi connectivity index (χ2v) is 6.22. The molecule has 20 heavy (non-hydrogen) atoms. The van der Waals surface area contributed by atoms with Gasteiger partial charge >= 0.3 is 5.97 Å². The smallest absolute Gasteiger partial charge is 0.311 e. The molecule has 0 saturated carbocycles. The molecule has 1 saturated heterocycles. The topological polar surface area (TPSA) is 42.4 Å². The third-order valence-electron chi connectivity index (χ3n) is 4.23. The second-order valence-electron chi connectivity index (χ2n) is 5.84. The van der Waals surface area contributed by atoms with Crippen molar-refractivity contribution in [2.45, 2.75) is 26.7 Å². The van der Waals surface area contributed by atoms with Gasteiger partial charge in [0, 0.05) is 25.0 Å². The molecule has 1 fully saturated rings. The number of hydrogen-bond donors (Lipinski definition) is 0. The lowest BCUT2D eigenvalue weighted by Crippen LogP contribution is -2.45. The Balaban J connectivity index is 2.15. The third-order valence-corrected chi connectivity index (χ3v) is 4.44. The quantitative estimate of drug-likeness (QED) is 0.635. The van der Waals surface area contributed by atoms with E-state index in [0.29, 0.717) is 5.15 Å². The number of carbonyl (C=O) groups excluding carboxylic acids is 1. The van der Waals surface area contributed by atoms with Gasteiger partial charge in [0.25, 0.3) is 0 Å². The maximum absolute atomic E-state index is 12.0. The van der Waals surface area contributed by atoms with Gasteiger partial charge in [-0.25, -0.2) is 4.98 Å². The Bertz CT molecular complexity index is 491. The molecule has 1 aliphatic rings. The van der Waals surface area contributed by atoms with Crippen LogP contribution in [0.4, 0.5) is 5.69 Å². The zero-order valence-electron chi connectivity index (χ0n) is 12.2. The van der Waals surface area contributed by atoms with Gasteiger partial charge in [-0.1, -0.05) is 11.6 Å². The fraction of sp³-hybridized carbons (Fsp3) is 0.600. The van der Waals surface area contributed by atoms with Crippen LogP contribution in [0.5, 0.6) is 0 Å². The highest BCUT2D eigenvalue weighted by Gasteiger charge is 2.40. The maximum atomic E-state index is 12.0. The molecule has 0 bridgehead atoms. The van der Waals surface area contributed by atoms with Gasteiger partial charge in [0.1, 0.15) is 5.15 Å². The highest BCUT2D eigenvalue weighted by molar-refractivity contribution is 6.29. The molecule has 1 aliphatic heterocycles. The second kappa shape index (κ2) is 6.00. The monoisotopic (exact) mass is 296 g/mol. The summed E-state index contributed by atoms with van der Waals surface area (Å²) in [5.41, 5.74) is 0.597. The molecule has 0 N–H and O–H groups in total. The molecule has 2 heterocycles. The Hall–Kier alpha value is -1.29. The van der Waals surface area contributed by atoms with Gasteiger partial charge in [-0.2, -0.15) is 0 Å². The van der Waals surface area contributed by atoms with Gasteiger partial charge in [-0.3, -0.25) is 4.79 Å². The Labute approximate surface area is 125 Å². The predicted molar refractivity (Wildman–Crippen MR) is 80.0 cm³/mol. The van der Waals surface area contributed by atoms with E-state index < -0.39 is 5.41 Å². The molecule has 0 aromatic carbocycles. The minimum Gasteiger partial charge on any atom is -0.469 e. The summed E-state index contributed by atoms with van der Waals surface area (Å²) in [6.45, 7) is 5.75. The molecule has 110 valence electrons. The van der Waals surface area contributed by atoms with Crippen LogP contribution in [0.2, 0.25) is 5.15 Å². The number of ether oxygens (including phenoxy) is 1. The molecule has 4 nitrogen and oxygen atoms in total. The van der Waals surface area contributed by atoms with Crippen molar-refractivity contribution in [3.8, 4) is 0 Å². The summed E-state index contributed by atoms with van der Waals surface area (Å²) in [7, 11) is 1.45. The van der Waals surface area contributed by atoms with E-state index in [1.54, 1.807) is 6.20 Å². The molecule has 5 heteroatoms. The Kier molecular flexibility index (Phi) is 4.53. The standard InChI is InChI=1S/C15H21ClN2O2/c1-15(2,14(19)20-3)11-5-4-8-18(10-11)12-6-7-17-13(16)9-12/h6-7,9,11H,4-5,8,10H2,1-3H3. The highest BCUT2D eigenvalue weighted by Crippen LogP contribution is 2.36. The first-order valence-electron chi connectivity index (χ1n) is 6.90. The largest absolute Gasteiger partial charge is 0.469 e. The van der Waals surface area contributed by atoms with Crippen LogP contribution in [0.25, 0.3) is 0 Å². The van der Waals surface area contributed by atoms with Crippen LogP contribution >= 0.6 is 11.6 Å². The van der Waals surface area contributed by atoms with Gasteiger partial charge in [0.15, 0.2) is 0 Å². The van der Waals surface area contributed by atoms with E-state index in [-0.39, 0.29) is 11.9 Å². The molecule has 0 radical (unpaired) electrons. The van der Waals surface area contributed by atoms with Crippen molar-refractivity contribution < 1.29 is 9.53 Å². The number of esters is 1. The third kappa shape index (κ3) is 3.06. The van der Waals surface area contributed by atoms with Crippen molar-refractivity contribution in [2.24, 2.45) is 11.3 Å². The number of aromatic nitrogens is 1. The molecule has 1 aromatic heterocycles. The van der Waals surface area contributed by atoms with E-state index >= 15 is 0 Å². The molecule has 1 aromatic rings. The van der Waals surface area contributed by atoms with Crippen molar-refractivity contribution in [2.75, 3.05) is 25.1 Å². The number of methoxy groups -OCH3 is 1. The van der Waals surface area contributed by atoms with Crippen molar-refractivity contribution in [3.05, 3.63) is 23.5 Å². The lowest BCUT2D eigenvalue weighted by molar-refractivity contribution is -0.154. The van der Waals surface area contributed by atoms with Crippen molar-refractivity contribution in [3.63, 3.8) is 0 Å². The fourth-order valence-electron chi connectivity index (χ4n) is 2.82. The lowest BCUT2D eigenvalue weighted by Gasteiger charge is -2.40. The first-order valence-corrected chi connectivity index (χ1v) is 7.28. The van der Waals surface area contributed by atoms with Gasteiger partial charge in [-0.15, -0.1) is 0 Å². The van der Waals surface area contributed by atoms with E-state index in [1.165, 1.54) is 7.11 Å². The first-order chi connectivity index (χ1) is 9.45. The predicted octanol–water partition coefficient (Wildman–Crippen LogP) is 3.15. The van der Waals surface area contributed by atoms with Crippen LogP contribution in [0.3, 0.4) is 0 Å². The van der Waals surface area contributed by atoms with Crippen LogP contribution in [0, 0.1) is 11.3 Å². The minimum atomic E-state index is -0.468. The van der Waals surface area contributed by atoms with Crippen LogP contribution < -0.4 is 4.90 Å². The Morgan fingerprint density at radius 2 is 2.30 bits per heavy atom. The minimum absolute atomic E-state index is 0.142. The van der Waals surface area contributed by atoms with Crippen LogP contribution in [-0.4, -0.2) is 31.2 Å². The highest BCUT2D eigenvalue weighted by atomic mass is 35.5. The average molecular weight is 297 g/mol. The van der Waals surface area contributed by atoms with E-state index in [9.17, 15) is 4.79 Å². The zero-order chi connectivity index (χ0) is 14.8. The lowest BCUT2D eigenvalue weighted by atomic mass is 9.74. The Morgan fingerprint density at radius 1 is 1.55 bits per heavy atom. The molecule has 0 spiro atoms. The van der Waals surface area contributed by atoms with Crippen molar-refractivity contribution in [1.29, 1.82) is 0 Å². The van der Waals surface area contributed by atoms with Crippen molar-refractivity contribution in [1.82, 2.24) is 4.98 Å². The zero-order valence-corrected chi connectivity index (χ0v) is 13.0. The number of rotatable bonds is 3. The molecular formula is C15H21ClN2O2. The maximum Gasteiger partial charge on any atom is 0.311 e. The Morgan fingerprint density at radius 3 is 2.95 bits per heavy atom. The molecule has 0 aliphatic carbocycles. The fourth-order valence-corrected chi connectivity index (χ4v) is 2.99. The number of piperidine rings is 1. The van der Waals surface area contributed by atoms with Gasteiger partial charge in [0.2, 0.25) is 0 Å². The van der Waals surface area contributed by atoms with E-state index in [0.717, 1.165) is 31.6 Å². The molecule has 2 rings (SSSR count). The number of carbonyl (C=O) groups is 1. The molecule has 1 unspecified atom stereocenters. The van der Waals surface area contributed by atoms with Gasteiger partial charge in [-0.05, 0) is 44.7 Å². The number of hydrogen-bond acceptors (Lipinski definition) is 4. The first kappa shape index (κ1) is 15.1. The number of nitrogens with zero attached hydrogens (tertiary/aromatic N) is 2. The molecular weight excluding hydrogens is 276 g/mol. The summed E-state index contributed by atoms with van der Waals surface area (Å²) in [5.74, 6) is 0.132. The number of anilines is 1. The number of halogens is 1. The van der Waals surface area contributed by atoms with Crippen molar-refractivity contribution >= 4 is 23.3 Å². The summed E-state index contributed by atoms with van der Waals surface area (Å²) in [6.07, 6.45) is 3.81. The normalized spacial score (nSPS) is 19.8. The SMILES string of the molecule is COC(=O)C(C)(C)C1CCCN(c2ccnc(Cl)c2)C1. The van der Waals surface area contributed by atoms with E-state index in [2.05, 4.69) is 9.88 Å². The number of pyridine rings is 1.